The number of anilines is 1. The number of aromatic nitrogens is 7. The van der Waals surface area contributed by atoms with Crippen LogP contribution >= 0.6 is 0 Å². The van der Waals surface area contributed by atoms with Gasteiger partial charge in [-0.05, 0) is 42.8 Å². The monoisotopic (exact) mass is 536 g/mol. The van der Waals surface area contributed by atoms with Crippen molar-refractivity contribution in [3.63, 3.8) is 0 Å². The van der Waals surface area contributed by atoms with Gasteiger partial charge in [0.1, 0.15) is 22.6 Å². The molecule has 0 saturated heterocycles. The molecule has 0 aliphatic heterocycles. The number of rotatable bonds is 8. The Hall–Kier alpha value is -5.19. The van der Waals surface area contributed by atoms with Crippen molar-refractivity contribution in [1.29, 1.82) is 0 Å². The van der Waals surface area contributed by atoms with Crippen LogP contribution in [0.3, 0.4) is 0 Å². The lowest BCUT2D eigenvalue weighted by Gasteiger charge is -2.07. The molecule has 0 saturated carbocycles. The first-order valence-electron chi connectivity index (χ1n) is 12.8. The SMILES string of the molecule is CCCCC(=O)Nc1cncc(-c2ccc3[nH]nc(-c4nc5c(-c6cc(F)cc(OC)c6)nccc5[nH]4)c3n2)c1. The minimum Gasteiger partial charge on any atom is -0.497 e. The lowest BCUT2D eigenvalue weighted by molar-refractivity contribution is -0.116. The number of unbranched alkanes of at least 4 members (excludes halogenated alkanes) is 1. The molecule has 10 nitrogen and oxygen atoms in total. The van der Waals surface area contributed by atoms with Gasteiger partial charge in [-0.25, -0.2) is 14.4 Å². The predicted molar refractivity (Wildman–Crippen MR) is 150 cm³/mol. The number of halogens is 1. The Morgan fingerprint density at radius 3 is 2.73 bits per heavy atom. The van der Waals surface area contributed by atoms with Crippen LogP contribution in [0.1, 0.15) is 26.2 Å². The first-order chi connectivity index (χ1) is 19.5. The van der Waals surface area contributed by atoms with Crippen molar-refractivity contribution in [2.24, 2.45) is 0 Å². The number of hydrogen-bond donors (Lipinski definition) is 3. The second-order valence-electron chi connectivity index (χ2n) is 9.30. The minimum absolute atomic E-state index is 0.0447. The summed E-state index contributed by atoms with van der Waals surface area (Å²) in [4.78, 5) is 33.9. The smallest absolute Gasteiger partial charge is 0.224 e. The van der Waals surface area contributed by atoms with E-state index in [2.05, 4.69) is 30.5 Å². The zero-order chi connectivity index (χ0) is 27.6. The molecule has 5 aromatic heterocycles. The Morgan fingerprint density at radius 2 is 1.88 bits per heavy atom. The van der Waals surface area contributed by atoms with E-state index in [4.69, 9.17) is 14.7 Å². The number of methoxy groups -OCH3 is 1. The molecule has 0 spiro atoms. The summed E-state index contributed by atoms with van der Waals surface area (Å²) in [6.07, 6.45) is 7.19. The van der Waals surface area contributed by atoms with Gasteiger partial charge in [-0.15, -0.1) is 0 Å². The van der Waals surface area contributed by atoms with Crippen molar-refractivity contribution in [3.8, 4) is 39.8 Å². The zero-order valence-electron chi connectivity index (χ0n) is 21.8. The summed E-state index contributed by atoms with van der Waals surface area (Å²) in [5.74, 6) is 0.395. The number of pyridine rings is 3. The van der Waals surface area contributed by atoms with Crippen LogP contribution in [0.25, 0.3) is 56.1 Å². The van der Waals surface area contributed by atoms with E-state index in [1.54, 1.807) is 30.7 Å². The molecule has 11 heteroatoms. The van der Waals surface area contributed by atoms with Gasteiger partial charge in [0.05, 0.1) is 41.4 Å². The molecule has 5 heterocycles. The quantitative estimate of drug-likeness (QED) is 0.220. The van der Waals surface area contributed by atoms with E-state index in [0.29, 0.717) is 62.9 Å². The Kier molecular flexibility index (Phi) is 6.61. The Morgan fingerprint density at radius 1 is 1.00 bits per heavy atom. The number of nitrogens with one attached hydrogen (secondary N) is 3. The van der Waals surface area contributed by atoms with Crippen LogP contribution in [0.2, 0.25) is 0 Å². The minimum atomic E-state index is -0.432. The van der Waals surface area contributed by atoms with Gasteiger partial charge >= 0.3 is 0 Å². The third kappa shape index (κ3) is 4.84. The molecule has 0 atom stereocenters. The summed E-state index contributed by atoms with van der Waals surface area (Å²) in [5.41, 5.74) is 6.21. The molecule has 6 aromatic rings. The van der Waals surface area contributed by atoms with Crippen molar-refractivity contribution in [2.75, 3.05) is 12.4 Å². The molecule has 0 fully saturated rings. The maximum atomic E-state index is 14.2. The van der Waals surface area contributed by atoms with E-state index >= 15 is 0 Å². The summed E-state index contributed by atoms with van der Waals surface area (Å²) in [6.45, 7) is 2.05. The average Bonchev–Trinajstić information content (AvgIpc) is 3.59. The average molecular weight is 537 g/mol. The lowest BCUT2D eigenvalue weighted by Crippen LogP contribution is -2.11. The van der Waals surface area contributed by atoms with E-state index < -0.39 is 5.82 Å². The number of carbonyl (C=O) groups is 1. The zero-order valence-corrected chi connectivity index (χ0v) is 21.8. The molecule has 40 heavy (non-hydrogen) atoms. The lowest BCUT2D eigenvalue weighted by atomic mass is 10.1. The maximum absolute atomic E-state index is 14.2. The summed E-state index contributed by atoms with van der Waals surface area (Å²) in [7, 11) is 1.49. The van der Waals surface area contributed by atoms with E-state index in [9.17, 15) is 9.18 Å². The highest BCUT2D eigenvalue weighted by molar-refractivity contribution is 5.95. The second kappa shape index (κ2) is 10.5. The van der Waals surface area contributed by atoms with Crippen LogP contribution < -0.4 is 10.1 Å². The number of fused-ring (bicyclic) bond motifs is 2. The fourth-order valence-corrected chi connectivity index (χ4v) is 4.51. The van der Waals surface area contributed by atoms with Crippen LogP contribution in [0, 0.1) is 5.82 Å². The number of aromatic amines is 2. The van der Waals surface area contributed by atoms with Gasteiger partial charge in [0.15, 0.2) is 11.5 Å². The fraction of sp³-hybridized carbons (Fsp3) is 0.172. The number of ether oxygens (including phenoxy) is 1. The number of amides is 1. The number of benzene rings is 1. The molecule has 3 N–H and O–H groups in total. The van der Waals surface area contributed by atoms with Crippen molar-refractivity contribution >= 4 is 33.7 Å². The van der Waals surface area contributed by atoms with Gasteiger partial charge in [0.2, 0.25) is 5.91 Å². The molecule has 1 aromatic carbocycles. The highest BCUT2D eigenvalue weighted by Gasteiger charge is 2.18. The van der Waals surface area contributed by atoms with Crippen molar-refractivity contribution < 1.29 is 13.9 Å². The van der Waals surface area contributed by atoms with Gasteiger partial charge in [-0.3, -0.25) is 19.9 Å². The Balaban J connectivity index is 1.38. The molecule has 200 valence electrons. The molecular formula is C29H25FN8O2. The van der Waals surface area contributed by atoms with Crippen LogP contribution in [0.15, 0.2) is 61.1 Å². The third-order valence-electron chi connectivity index (χ3n) is 6.49. The molecule has 0 unspecified atom stereocenters. The van der Waals surface area contributed by atoms with Gasteiger partial charge < -0.3 is 15.0 Å². The molecule has 0 bridgehead atoms. The normalized spacial score (nSPS) is 11.3. The molecule has 6 rings (SSSR count). The second-order valence-corrected chi connectivity index (χ2v) is 9.30. The van der Waals surface area contributed by atoms with Gasteiger partial charge in [-0.1, -0.05) is 13.3 Å². The molecule has 0 aliphatic rings. The molecule has 0 aliphatic carbocycles. The van der Waals surface area contributed by atoms with E-state index in [0.717, 1.165) is 23.9 Å². The van der Waals surface area contributed by atoms with Crippen LogP contribution in [-0.2, 0) is 4.79 Å². The maximum Gasteiger partial charge on any atom is 0.224 e. The summed E-state index contributed by atoms with van der Waals surface area (Å²) >= 11 is 0. The van der Waals surface area contributed by atoms with Crippen LogP contribution in [-0.4, -0.2) is 48.1 Å². The standard InChI is InChI=1S/C29H25FN8O2/c1-3-4-5-24(39)33-19-11-17(14-31-15-19)21-6-7-23-27(34-21)28(38-37-23)29-35-22-8-9-32-25(26(22)36-29)16-10-18(30)13-20(12-16)40-2/h6-15H,3-5H2,1-2H3,(H,33,39)(H,35,36)(H,37,38). The summed E-state index contributed by atoms with van der Waals surface area (Å²) in [6, 6.07) is 11.8. The summed E-state index contributed by atoms with van der Waals surface area (Å²) < 4.78 is 19.5. The molecular weight excluding hydrogens is 511 g/mol. The molecule has 1 amide bonds. The Labute approximate surface area is 228 Å². The van der Waals surface area contributed by atoms with Crippen LogP contribution in [0.5, 0.6) is 5.75 Å². The highest BCUT2D eigenvalue weighted by Crippen LogP contribution is 2.32. The summed E-state index contributed by atoms with van der Waals surface area (Å²) in [5, 5.41) is 10.4. The number of hydrogen-bond acceptors (Lipinski definition) is 7. The topological polar surface area (TPSA) is 134 Å². The largest absolute Gasteiger partial charge is 0.497 e. The fourth-order valence-electron chi connectivity index (χ4n) is 4.51. The van der Waals surface area contributed by atoms with Gasteiger partial charge in [-0.2, -0.15) is 5.10 Å². The van der Waals surface area contributed by atoms with Gasteiger partial charge in [0, 0.05) is 36.0 Å². The first-order valence-corrected chi connectivity index (χ1v) is 12.8. The van der Waals surface area contributed by atoms with Crippen molar-refractivity contribution in [1.82, 2.24) is 35.1 Å². The van der Waals surface area contributed by atoms with E-state index in [1.165, 1.54) is 19.2 Å². The predicted octanol–water partition coefficient (Wildman–Crippen LogP) is 5.90. The van der Waals surface area contributed by atoms with Crippen molar-refractivity contribution in [3.05, 3.63) is 66.9 Å². The first kappa shape index (κ1) is 25.1. The van der Waals surface area contributed by atoms with Gasteiger partial charge in [0.25, 0.3) is 0 Å². The van der Waals surface area contributed by atoms with E-state index in [1.807, 2.05) is 25.1 Å². The molecule has 0 radical (unpaired) electrons. The van der Waals surface area contributed by atoms with Crippen LogP contribution in [0.4, 0.5) is 10.1 Å². The number of H-pyrrole nitrogens is 2. The van der Waals surface area contributed by atoms with Crippen molar-refractivity contribution in [2.45, 2.75) is 26.2 Å². The number of imidazole rings is 1. The Bertz CT molecular complexity index is 1860. The third-order valence-corrected chi connectivity index (χ3v) is 6.49. The highest BCUT2D eigenvalue weighted by atomic mass is 19.1. The number of carbonyl (C=O) groups excluding carboxylic acids is 1. The van der Waals surface area contributed by atoms with E-state index in [-0.39, 0.29) is 5.91 Å². The number of nitrogens with zero attached hydrogens (tertiary/aromatic N) is 5.